The maximum atomic E-state index is 12.8. The maximum Gasteiger partial charge on any atom is 0.238 e. The van der Waals surface area contributed by atoms with E-state index in [1.54, 1.807) is 24.5 Å². The van der Waals surface area contributed by atoms with Crippen LogP contribution in [0.15, 0.2) is 42.1 Å². The van der Waals surface area contributed by atoms with E-state index in [1.807, 2.05) is 12.1 Å². The summed E-state index contributed by atoms with van der Waals surface area (Å²) >= 11 is 7.12. The molecule has 0 aromatic carbocycles. The van der Waals surface area contributed by atoms with Crippen LogP contribution in [0.25, 0.3) is 17.0 Å². The second-order valence-electron chi connectivity index (χ2n) is 6.90. The van der Waals surface area contributed by atoms with Crippen molar-refractivity contribution in [2.75, 3.05) is 19.7 Å². The minimum absolute atomic E-state index is 0.0158. The van der Waals surface area contributed by atoms with Gasteiger partial charge in [0, 0.05) is 45.8 Å². The second kappa shape index (κ2) is 8.48. The average molecular weight is 467 g/mol. The van der Waals surface area contributed by atoms with E-state index in [2.05, 4.69) is 9.97 Å². The number of hydrogen-bond donors (Lipinski definition) is 2. The highest BCUT2D eigenvalue weighted by Gasteiger charge is 2.37. The summed E-state index contributed by atoms with van der Waals surface area (Å²) < 4.78 is 27.1. The van der Waals surface area contributed by atoms with Crippen LogP contribution in [0.1, 0.15) is 10.6 Å². The lowest BCUT2D eigenvalue weighted by atomic mass is 10.2. The van der Waals surface area contributed by atoms with Gasteiger partial charge in [-0.2, -0.15) is 4.31 Å². The Morgan fingerprint density at radius 2 is 2.20 bits per heavy atom. The topological polar surface area (TPSA) is 107 Å². The molecule has 4 rings (SSSR count). The molecule has 3 aromatic rings. The van der Waals surface area contributed by atoms with Crippen molar-refractivity contribution in [3.8, 4) is 0 Å². The number of hydrogen-bond acceptors (Lipinski definition) is 6. The van der Waals surface area contributed by atoms with Gasteiger partial charge in [0.15, 0.2) is 0 Å². The van der Waals surface area contributed by atoms with Crippen molar-refractivity contribution >= 4 is 55.8 Å². The fraction of sp³-hybridized carbons (Fsp3) is 0.263. The molecular formula is C19H19ClN4O4S2. The number of thiophene rings is 1. The van der Waals surface area contributed by atoms with Crippen LogP contribution in [0.5, 0.6) is 0 Å². The third-order valence-electron chi connectivity index (χ3n) is 4.87. The zero-order valence-corrected chi connectivity index (χ0v) is 18.1. The molecule has 1 fully saturated rings. The van der Waals surface area contributed by atoms with Crippen molar-refractivity contribution in [1.29, 1.82) is 0 Å². The third kappa shape index (κ3) is 4.42. The van der Waals surface area contributed by atoms with E-state index in [4.69, 9.17) is 11.6 Å². The first kappa shape index (κ1) is 21.0. The molecule has 1 aliphatic rings. The Morgan fingerprint density at radius 1 is 1.37 bits per heavy atom. The van der Waals surface area contributed by atoms with Gasteiger partial charge in [-0.25, -0.2) is 8.42 Å². The first-order chi connectivity index (χ1) is 14.4. The van der Waals surface area contributed by atoms with Crippen molar-refractivity contribution in [1.82, 2.24) is 19.2 Å². The van der Waals surface area contributed by atoms with E-state index >= 15 is 0 Å². The van der Waals surface area contributed by atoms with E-state index in [1.165, 1.54) is 22.3 Å². The number of aliphatic hydroxyl groups is 1. The second-order valence-corrected chi connectivity index (χ2v) is 10.5. The molecular weight excluding hydrogens is 448 g/mol. The largest absolute Gasteiger partial charge is 0.394 e. The number of rotatable bonds is 6. The van der Waals surface area contributed by atoms with Crippen molar-refractivity contribution in [2.45, 2.75) is 12.6 Å². The lowest BCUT2D eigenvalue weighted by Gasteiger charge is -2.39. The van der Waals surface area contributed by atoms with E-state index < -0.39 is 16.1 Å². The molecule has 4 heterocycles. The smallest absolute Gasteiger partial charge is 0.238 e. The van der Waals surface area contributed by atoms with Crippen molar-refractivity contribution < 1.29 is 18.3 Å². The summed E-state index contributed by atoms with van der Waals surface area (Å²) in [5.74, 6) is -0.367. The van der Waals surface area contributed by atoms with Gasteiger partial charge in [0.1, 0.15) is 0 Å². The Bertz CT molecular complexity index is 1170. The molecule has 0 spiro atoms. The summed E-state index contributed by atoms with van der Waals surface area (Å²) in [4.78, 5) is 22.3. The quantitative estimate of drug-likeness (QED) is 0.579. The lowest BCUT2D eigenvalue weighted by Crippen LogP contribution is -2.58. The molecule has 0 aliphatic carbocycles. The van der Waals surface area contributed by atoms with Crippen LogP contribution in [0.4, 0.5) is 0 Å². The van der Waals surface area contributed by atoms with E-state index in [0.717, 1.165) is 26.3 Å². The predicted molar refractivity (Wildman–Crippen MR) is 116 cm³/mol. The SMILES string of the molecule is O=C1CN(S(=O)(=O)C=Cc2ccc(Cl)s2)CC(CO)N1Cc1cc2cnccc2[nH]1. The summed E-state index contributed by atoms with van der Waals surface area (Å²) in [6.45, 7) is -0.363. The average Bonchev–Trinajstić information content (AvgIpc) is 3.33. The molecule has 0 bridgehead atoms. The molecule has 30 heavy (non-hydrogen) atoms. The van der Waals surface area contributed by atoms with Gasteiger partial charge in [-0.05, 0) is 30.3 Å². The Labute approximate surface area is 182 Å². The molecule has 1 unspecified atom stereocenters. The van der Waals surface area contributed by atoms with Crippen LogP contribution in [0.3, 0.4) is 0 Å². The molecule has 0 radical (unpaired) electrons. The number of sulfonamides is 1. The highest BCUT2D eigenvalue weighted by molar-refractivity contribution is 7.92. The molecule has 8 nitrogen and oxygen atoms in total. The highest BCUT2D eigenvalue weighted by atomic mass is 35.5. The van der Waals surface area contributed by atoms with Gasteiger partial charge >= 0.3 is 0 Å². The number of amides is 1. The van der Waals surface area contributed by atoms with Gasteiger partial charge in [0.2, 0.25) is 15.9 Å². The Hall–Kier alpha value is -2.24. The predicted octanol–water partition coefficient (Wildman–Crippen LogP) is 2.28. The number of piperazine rings is 1. The van der Waals surface area contributed by atoms with Gasteiger partial charge in [-0.3, -0.25) is 9.78 Å². The molecule has 1 saturated heterocycles. The number of nitrogens with zero attached hydrogens (tertiary/aromatic N) is 3. The summed E-state index contributed by atoms with van der Waals surface area (Å²) in [6.07, 6.45) is 4.85. The first-order valence-corrected chi connectivity index (χ1v) is 11.8. The number of carbonyl (C=O) groups excluding carboxylic acids is 1. The molecule has 0 saturated carbocycles. The number of pyridine rings is 1. The van der Waals surface area contributed by atoms with E-state index in [0.29, 0.717) is 9.21 Å². The summed E-state index contributed by atoms with van der Waals surface area (Å²) in [5, 5.41) is 11.8. The maximum absolute atomic E-state index is 12.8. The summed E-state index contributed by atoms with van der Waals surface area (Å²) in [7, 11) is -3.82. The summed E-state index contributed by atoms with van der Waals surface area (Å²) in [5.41, 5.74) is 1.68. The highest BCUT2D eigenvalue weighted by Crippen LogP contribution is 2.24. The standard InChI is InChI=1S/C19H19ClN4O4S2/c20-18-2-1-16(29-18)4-6-30(27,28)23-10-15(12-25)24(19(26)11-23)9-14-7-13-8-21-5-3-17(13)22-14/h1-8,15,22,25H,9-12H2. The summed E-state index contributed by atoms with van der Waals surface area (Å²) in [6, 6.07) is 6.48. The van der Waals surface area contributed by atoms with Crippen molar-refractivity contribution in [3.05, 3.63) is 57.0 Å². The number of fused-ring (bicyclic) bond motifs is 1. The zero-order valence-electron chi connectivity index (χ0n) is 15.7. The fourth-order valence-corrected chi connectivity index (χ4v) is 5.58. The van der Waals surface area contributed by atoms with Crippen LogP contribution < -0.4 is 0 Å². The molecule has 1 aliphatic heterocycles. The number of carbonyl (C=O) groups is 1. The van der Waals surface area contributed by atoms with Gasteiger partial charge < -0.3 is 15.0 Å². The number of H-pyrrole nitrogens is 1. The molecule has 11 heteroatoms. The number of aromatic amines is 1. The molecule has 1 amide bonds. The monoisotopic (exact) mass is 466 g/mol. The normalized spacial score (nSPS) is 18.7. The van der Waals surface area contributed by atoms with Gasteiger partial charge in [0.05, 0.1) is 30.1 Å². The van der Waals surface area contributed by atoms with Crippen LogP contribution in [0.2, 0.25) is 4.34 Å². The minimum Gasteiger partial charge on any atom is -0.394 e. The molecule has 158 valence electrons. The van der Waals surface area contributed by atoms with Gasteiger partial charge in [0.25, 0.3) is 0 Å². The number of halogens is 1. The Morgan fingerprint density at radius 3 is 2.90 bits per heavy atom. The van der Waals surface area contributed by atoms with Crippen molar-refractivity contribution in [2.24, 2.45) is 0 Å². The van der Waals surface area contributed by atoms with Crippen LogP contribution in [-0.4, -0.2) is 64.3 Å². The van der Waals surface area contributed by atoms with E-state index in [9.17, 15) is 18.3 Å². The Kier molecular flexibility index (Phi) is 5.94. The first-order valence-electron chi connectivity index (χ1n) is 9.11. The lowest BCUT2D eigenvalue weighted by molar-refractivity contribution is -0.139. The van der Waals surface area contributed by atoms with Crippen molar-refractivity contribution in [3.63, 3.8) is 0 Å². The van der Waals surface area contributed by atoms with E-state index in [-0.39, 0.29) is 32.1 Å². The number of aromatic nitrogens is 2. The number of nitrogens with one attached hydrogen (secondary N) is 1. The van der Waals surface area contributed by atoms with Crippen LogP contribution in [-0.2, 0) is 21.4 Å². The zero-order chi connectivity index (χ0) is 21.3. The fourth-order valence-electron chi connectivity index (χ4n) is 3.37. The third-order valence-corrected chi connectivity index (χ3v) is 7.55. The van der Waals surface area contributed by atoms with Gasteiger partial charge in [-0.15, -0.1) is 11.3 Å². The van der Waals surface area contributed by atoms with Crippen LogP contribution >= 0.6 is 22.9 Å². The Balaban J connectivity index is 1.50. The molecule has 2 N–H and O–H groups in total. The molecule has 1 atom stereocenters. The molecule has 3 aromatic heterocycles. The van der Waals surface area contributed by atoms with Crippen LogP contribution in [0, 0.1) is 0 Å². The number of aliphatic hydroxyl groups excluding tert-OH is 1. The van der Waals surface area contributed by atoms with Gasteiger partial charge in [-0.1, -0.05) is 11.6 Å². The minimum atomic E-state index is -3.82.